The molecule has 3 N–H and O–H groups in total. The van der Waals surface area contributed by atoms with Gasteiger partial charge in [0, 0.05) is 23.3 Å². The van der Waals surface area contributed by atoms with Gasteiger partial charge in [0.15, 0.2) is 0 Å². The number of anilines is 1. The van der Waals surface area contributed by atoms with E-state index in [4.69, 9.17) is 0 Å². The Labute approximate surface area is 150 Å². The highest BCUT2D eigenvalue weighted by molar-refractivity contribution is 5.97. The number of carbonyl (C=O) groups is 2. The first-order valence-corrected chi connectivity index (χ1v) is 9.47. The molecular formula is C20H29N3O2. The maximum absolute atomic E-state index is 12.3. The lowest BCUT2D eigenvalue weighted by molar-refractivity contribution is -0.115. The number of nitrogens with one attached hydrogen (secondary N) is 3. The largest absolute Gasteiger partial charge is 0.349 e. The van der Waals surface area contributed by atoms with Crippen LogP contribution in [0.5, 0.6) is 0 Å². The predicted octanol–water partition coefficient (Wildman–Crippen LogP) is 2.93. The summed E-state index contributed by atoms with van der Waals surface area (Å²) in [5, 5.41) is 9.28. The fourth-order valence-corrected chi connectivity index (χ4v) is 3.73. The molecule has 0 heterocycles. The highest BCUT2D eigenvalue weighted by atomic mass is 16.2. The molecule has 25 heavy (non-hydrogen) atoms. The van der Waals surface area contributed by atoms with Crippen LogP contribution in [0.2, 0.25) is 0 Å². The minimum absolute atomic E-state index is 0.0651. The normalized spacial score (nSPS) is 26.1. The van der Waals surface area contributed by atoms with Crippen molar-refractivity contribution in [2.24, 2.45) is 11.8 Å². The van der Waals surface area contributed by atoms with Crippen LogP contribution in [-0.4, -0.2) is 30.4 Å². The molecule has 2 aliphatic carbocycles. The summed E-state index contributed by atoms with van der Waals surface area (Å²) in [6.07, 6.45) is 5.85. The van der Waals surface area contributed by atoms with Crippen LogP contribution < -0.4 is 16.0 Å². The summed E-state index contributed by atoms with van der Waals surface area (Å²) in [5.41, 5.74) is 1.26. The Kier molecular flexibility index (Phi) is 5.74. The maximum atomic E-state index is 12.3. The summed E-state index contributed by atoms with van der Waals surface area (Å²) in [6.45, 7) is 4.82. The standard InChI is InChI=1S/C20H29N3O2/c1-13-5-3-6-14(2)19(13)21-12-18(24)22-17-8-4-7-15(11-17)20(25)23-16-9-10-16/h4,7-8,11,13-14,16,19,21H,3,5-6,9-10,12H2,1-2H3,(H,22,24)(H,23,25). The molecule has 5 heteroatoms. The van der Waals surface area contributed by atoms with Crippen LogP contribution >= 0.6 is 0 Å². The highest BCUT2D eigenvalue weighted by Gasteiger charge is 2.27. The van der Waals surface area contributed by atoms with E-state index in [1.807, 2.05) is 6.07 Å². The van der Waals surface area contributed by atoms with Crippen molar-refractivity contribution in [2.75, 3.05) is 11.9 Å². The number of rotatable bonds is 6. The smallest absolute Gasteiger partial charge is 0.251 e. The maximum Gasteiger partial charge on any atom is 0.251 e. The van der Waals surface area contributed by atoms with Crippen molar-refractivity contribution in [1.82, 2.24) is 10.6 Å². The first-order valence-electron chi connectivity index (χ1n) is 9.47. The molecule has 0 aliphatic heterocycles. The minimum Gasteiger partial charge on any atom is -0.349 e. The van der Waals surface area contributed by atoms with Gasteiger partial charge in [-0.25, -0.2) is 0 Å². The SMILES string of the molecule is CC1CCCC(C)C1NCC(=O)Nc1cccc(C(=O)NC2CC2)c1. The quantitative estimate of drug-likeness (QED) is 0.744. The van der Waals surface area contributed by atoms with Gasteiger partial charge in [-0.05, 0) is 55.7 Å². The van der Waals surface area contributed by atoms with Gasteiger partial charge in [-0.1, -0.05) is 26.3 Å². The van der Waals surface area contributed by atoms with Crippen LogP contribution in [0.1, 0.15) is 56.3 Å². The van der Waals surface area contributed by atoms with Crippen LogP contribution in [0.15, 0.2) is 24.3 Å². The minimum atomic E-state index is -0.0680. The molecule has 0 radical (unpaired) electrons. The summed E-state index contributed by atoms with van der Waals surface area (Å²) in [5.74, 6) is 1.07. The summed E-state index contributed by atoms with van der Waals surface area (Å²) in [7, 11) is 0. The van der Waals surface area contributed by atoms with Crippen LogP contribution in [0.4, 0.5) is 5.69 Å². The average molecular weight is 343 g/mol. The molecule has 0 aromatic heterocycles. The van der Waals surface area contributed by atoms with Crippen molar-refractivity contribution < 1.29 is 9.59 Å². The highest BCUT2D eigenvalue weighted by Crippen LogP contribution is 2.28. The van der Waals surface area contributed by atoms with Gasteiger partial charge in [0.25, 0.3) is 5.91 Å². The molecule has 2 aliphatic rings. The van der Waals surface area contributed by atoms with E-state index in [0.29, 0.717) is 41.7 Å². The van der Waals surface area contributed by atoms with Gasteiger partial charge in [-0.3, -0.25) is 9.59 Å². The average Bonchev–Trinajstić information content (AvgIpc) is 3.38. The monoisotopic (exact) mass is 343 g/mol. The van der Waals surface area contributed by atoms with Crippen LogP contribution in [0.25, 0.3) is 0 Å². The van der Waals surface area contributed by atoms with Gasteiger partial charge in [0.1, 0.15) is 0 Å². The number of hydrogen-bond acceptors (Lipinski definition) is 3. The van der Waals surface area contributed by atoms with Crippen molar-refractivity contribution in [3.05, 3.63) is 29.8 Å². The Balaban J connectivity index is 1.51. The third kappa shape index (κ3) is 5.05. The second kappa shape index (κ2) is 8.00. The summed E-state index contributed by atoms with van der Waals surface area (Å²) in [4.78, 5) is 24.4. The molecular weight excluding hydrogens is 314 g/mol. The van der Waals surface area contributed by atoms with Crippen molar-refractivity contribution in [3.63, 3.8) is 0 Å². The Morgan fingerprint density at radius 1 is 1.08 bits per heavy atom. The first kappa shape index (κ1) is 17.9. The molecule has 0 bridgehead atoms. The molecule has 136 valence electrons. The number of carbonyl (C=O) groups excluding carboxylic acids is 2. The molecule has 2 saturated carbocycles. The van der Waals surface area contributed by atoms with E-state index >= 15 is 0 Å². The van der Waals surface area contributed by atoms with E-state index in [-0.39, 0.29) is 11.8 Å². The predicted molar refractivity (Wildman–Crippen MR) is 99.5 cm³/mol. The molecule has 1 aromatic rings. The molecule has 1 aromatic carbocycles. The van der Waals surface area contributed by atoms with E-state index in [0.717, 1.165) is 12.8 Å². The van der Waals surface area contributed by atoms with E-state index < -0.39 is 0 Å². The summed E-state index contributed by atoms with van der Waals surface area (Å²) in [6, 6.07) is 7.86. The number of amides is 2. The molecule has 2 atom stereocenters. The van der Waals surface area contributed by atoms with Gasteiger partial charge in [-0.2, -0.15) is 0 Å². The lowest BCUT2D eigenvalue weighted by Gasteiger charge is -2.35. The second-order valence-electron chi connectivity index (χ2n) is 7.67. The van der Waals surface area contributed by atoms with E-state index in [2.05, 4.69) is 29.8 Å². The molecule has 2 amide bonds. The van der Waals surface area contributed by atoms with E-state index in [1.54, 1.807) is 18.2 Å². The second-order valence-corrected chi connectivity index (χ2v) is 7.67. The van der Waals surface area contributed by atoms with Crippen molar-refractivity contribution in [3.8, 4) is 0 Å². The Bertz CT molecular complexity index is 617. The van der Waals surface area contributed by atoms with Gasteiger partial charge in [-0.15, -0.1) is 0 Å². The third-order valence-electron chi connectivity index (χ3n) is 5.36. The van der Waals surface area contributed by atoms with Gasteiger partial charge in [0.2, 0.25) is 5.91 Å². The lowest BCUT2D eigenvalue weighted by Crippen LogP contribution is -2.45. The summed E-state index contributed by atoms with van der Waals surface area (Å²) >= 11 is 0. The molecule has 2 fully saturated rings. The molecule has 0 saturated heterocycles. The molecule has 2 unspecified atom stereocenters. The molecule has 0 spiro atoms. The molecule has 3 rings (SSSR count). The summed E-state index contributed by atoms with van der Waals surface area (Å²) < 4.78 is 0. The Morgan fingerprint density at radius 3 is 2.48 bits per heavy atom. The Hall–Kier alpha value is -1.88. The fraction of sp³-hybridized carbons (Fsp3) is 0.600. The van der Waals surface area contributed by atoms with Gasteiger partial charge in [0.05, 0.1) is 6.54 Å². The number of benzene rings is 1. The topological polar surface area (TPSA) is 70.2 Å². The zero-order valence-corrected chi connectivity index (χ0v) is 15.2. The third-order valence-corrected chi connectivity index (χ3v) is 5.36. The molecule has 5 nitrogen and oxygen atoms in total. The van der Waals surface area contributed by atoms with Crippen molar-refractivity contribution >= 4 is 17.5 Å². The van der Waals surface area contributed by atoms with Crippen LogP contribution in [0, 0.1) is 11.8 Å². The zero-order chi connectivity index (χ0) is 17.8. The number of hydrogen-bond donors (Lipinski definition) is 3. The zero-order valence-electron chi connectivity index (χ0n) is 15.2. The van der Waals surface area contributed by atoms with Crippen molar-refractivity contribution in [1.29, 1.82) is 0 Å². The van der Waals surface area contributed by atoms with Crippen LogP contribution in [-0.2, 0) is 4.79 Å². The first-order chi connectivity index (χ1) is 12.0. The van der Waals surface area contributed by atoms with Gasteiger partial charge >= 0.3 is 0 Å². The van der Waals surface area contributed by atoms with Crippen LogP contribution in [0.3, 0.4) is 0 Å². The lowest BCUT2D eigenvalue weighted by atomic mass is 9.79. The van der Waals surface area contributed by atoms with Crippen molar-refractivity contribution in [2.45, 2.75) is 58.0 Å². The van der Waals surface area contributed by atoms with E-state index in [9.17, 15) is 9.59 Å². The Morgan fingerprint density at radius 2 is 1.80 bits per heavy atom. The van der Waals surface area contributed by atoms with E-state index in [1.165, 1.54) is 19.3 Å². The fourth-order valence-electron chi connectivity index (χ4n) is 3.73. The van der Waals surface area contributed by atoms with Gasteiger partial charge < -0.3 is 16.0 Å².